The van der Waals surface area contributed by atoms with Gasteiger partial charge in [0.05, 0.1) is 24.5 Å². The Balaban J connectivity index is 2.18. The molecule has 0 radical (unpaired) electrons. The van der Waals surface area contributed by atoms with Crippen LogP contribution in [-0.2, 0) is 4.74 Å². The van der Waals surface area contributed by atoms with E-state index in [1.807, 2.05) is 6.07 Å². The van der Waals surface area contributed by atoms with Gasteiger partial charge < -0.3 is 14.8 Å². The Bertz CT molecular complexity index is 505. The van der Waals surface area contributed by atoms with Gasteiger partial charge in [-0.1, -0.05) is 13.8 Å². The summed E-state index contributed by atoms with van der Waals surface area (Å²) in [6.07, 6.45) is 1.21. The predicted molar refractivity (Wildman–Crippen MR) is 74.3 cm³/mol. The van der Waals surface area contributed by atoms with Crippen molar-refractivity contribution in [1.82, 2.24) is 0 Å². The summed E-state index contributed by atoms with van der Waals surface area (Å²) in [5, 5.41) is 12.6. The average Bonchev–Trinajstić information content (AvgIpc) is 2.42. The van der Waals surface area contributed by atoms with Crippen molar-refractivity contribution in [3.05, 3.63) is 23.8 Å². The first-order valence-corrected chi connectivity index (χ1v) is 6.40. The molecule has 0 saturated heterocycles. The van der Waals surface area contributed by atoms with E-state index in [4.69, 9.17) is 14.7 Å². The van der Waals surface area contributed by atoms with Gasteiger partial charge in [0.1, 0.15) is 11.8 Å². The Morgan fingerprint density at radius 2 is 2.11 bits per heavy atom. The van der Waals surface area contributed by atoms with Crippen molar-refractivity contribution in [3.8, 4) is 11.8 Å². The van der Waals surface area contributed by atoms with E-state index >= 15 is 0 Å². The summed E-state index contributed by atoms with van der Waals surface area (Å²) in [5.41, 5.74) is 1.52. The van der Waals surface area contributed by atoms with Crippen LogP contribution in [-0.4, -0.2) is 26.4 Å². The lowest BCUT2D eigenvalue weighted by Gasteiger charge is -2.51. The van der Waals surface area contributed by atoms with Gasteiger partial charge in [0, 0.05) is 24.6 Å². The maximum Gasteiger partial charge on any atom is 0.121 e. The van der Waals surface area contributed by atoms with Crippen molar-refractivity contribution < 1.29 is 9.47 Å². The van der Waals surface area contributed by atoms with E-state index < -0.39 is 0 Å². The molecule has 0 bridgehead atoms. The number of rotatable bonds is 4. The van der Waals surface area contributed by atoms with Crippen LogP contribution in [0.1, 0.15) is 25.8 Å². The van der Waals surface area contributed by atoms with E-state index in [9.17, 15) is 0 Å². The summed E-state index contributed by atoms with van der Waals surface area (Å²) in [7, 11) is 3.37. The summed E-state index contributed by atoms with van der Waals surface area (Å²) < 4.78 is 10.6. The second-order valence-electron chi connectivity index (χ2n) is 5.50. The average molecular weight is 260 g/mol. The number of nitrogens with one attached hydrogen (secondary N) is 1. The SMILES string of the molecule is COc1ccc(C#N)c(NC2CC(OC)C2(C)C)c1. The number of hydrogen-bond donors (Lipinski definition) is 1. The number of nitrogens with zero attached hydrogens (tertiary/aromatic N) is 1. The summed E-state index contributed by atoms with van der Waals surface area (Å²) >= 11 is 0. The van der Waals surface area contributed by atoms with Crippen LogP contribution >= 0.6 is 0 Å². The number of hydrogen-bond acceptors (Lipinski definition) is 4. The first-order valence-electron chi connectivity index (χ1n) is 6.40. The number of ether oxygens (including phenoxy) is 2. The van der Waals surface area contributed by atoms with Crippen molar-refractivity contribution in [2.75, 3.05) is 19.5 Å². The van der Waals surface area contributed by atoms with Gasteiger partial charge in [-0.2, -0.15) is 5.26 Å². The molecule has 0 heterocycles. The second kappa shape index (κ2) is 5.10. The van der Waals surface area contributed by atoms with E-state index in [0.29, 0.717) is 11.6 Å². The summed E-state index contributed by atoms with van der Waals surface area (Å²) in [6, 6.07) is 7.95. The predicted octanol–water partition coefficient (Wildman–Crippen LogP) is 2.79. The summed E-state index contributed by atoms with van der Waals surface area (Å²) in [5.74, 6) is 0.752. The number of methoxy groups -OCH3 is 2. The Morgan fingerprint density at radius 3 is 2.63 bits per heavy atom. The Hall–Kier alpha value is -1.73. The number of nitriles is 1. The van der Waals surface area contributed by atoms with Crippen LogP contribution in [0, 0.1) is 16.7 Å². The maximum atomic E-state index is 9.16. The van der Waals surface area contributed by atoms with Crippen molar-refractivity contribution in [2.45, 2.75) is 32.4 Å². The van der Waals surface area contributed by atoms with Crippen LogP contribution in [0.5, 0.6) is 5.75 Å². The number of benzene rings is 1. The van der Waals surface area contributed by atoms with Crippen molar-refractivity contribution >= 4 is 5.69 Å². The first kappa shape index (κ1) is 13.7. The summed E-state index contributed by atoms with van der Waals surface area (Å²) in [6.45, 7) is 4.35. The van der Waals surface area contributed by atoms with Gasteiger partial charge >= 0.3 is 0 Å². The minimum absolute atomic E-state index is 0.0601. The molecular weight excluding hydrogens is 240 g/mol. The maximum absolute atomic E-state index is 9.16. The van der Waals surface area contributed by atoms with Crippen LogP contribution in [0.15, 0.2) is 18.2 Å². The van der Waals surface area contributed by atoms with Gasteiger partial charge in [-0.05, 0) is 18.6 Å². The van der Waals surface area contributed by atoms with Gasteiger partial charge in [0.2, 0.25) is 0 Å². The molecule has 2 rings (SSSR count). The highest BCUT2D eigenvalue weighted by molar-refractivity contribution is 5.61. The van der Waals surface area contributed by atoms with E-state index in [1.165, 1.54) is 0 Å². The largest absolute Gasteiger partial charge is 0.497 e. The topological polar surface area (TPSA) is 54.3 Å². The van der Waals surface area contributed by atoms with Gasteiger partial charge in [-0.3, -0.25) is 0 Å². The Labute approximate surface area is 114 Å². The third-order valence-electron chi connectivity index (χ3n) is 4.14. The van der Waals surface area contributed by atoms with Gasteiger partial charge in [-0.15, -0.1) is 0 Å². The zero-order valence-electron chi connectivity index (χ0n) is 11.9. The molecule has 0 amide bonds. The molecule has 1 aromatic carbocycles. The minimum atomic E-state index is 0.0601. The highest BCUT2D eigenvalue weighted by Crippen LogP contribution is 2.44. The highest BCUT2D eigenvalue weighted by Gasteiger charge is 2.48. The minimum Gasteiger partial charge on any atom is -0.497 e. The van der Waals surface area contributed by atoms with Crippen molar-refractivity contribution in [2.24, 2.45) is 5.41 Å². The molecule has 1 fully saturated rings. The van der Waals surface area contributed by atoms with E-state index in [2.05, 4.69) is 25.2 Å². The molecule has 1 saturated carbocycles. The van der Waals surface area contributed by atoms with Crippen LogP contribution < -0.4 is 10.1 Å². The van der Waals surface area contributed by atoms with E-state index in [1.54, 1.807) is 26.4 Å². The molecule has 0 aliphatic heterocycles. The quantitative estimate of drug-likeness (QED) is 0.904. The molecule has 1 N–H and O–H groups in total. The normalized spacial score (nSPS) is 24.2. The van der Waals surface area contributed by atoms with Crippen molar-refractivity contribution in [3.63, 3.8) is 0 Å². The molecule has 1 aliphatic carbocycles. The van der Waals surface area contributed by atoms with Gasteiger partial charge in [0.15, 0.2) is 0 Å². The molecular formula is C15H20N2O2. The standard InChI is InChI=1S/C15H20N2O2/c1-15(2)13(8-14(15)19-4)17-12-7-11(18-3)6-5-10(12)9-16/h5-7,13-14,17H,8H2,1-4H3. The fraction of sp³-hybridized carbons (Fsp3) is 0.533. The fourth-order valence-electron chi connectivity index (χ4n) is 2.59. The number of anilines is 1. The molecule has 19 heavy (non-hydrogen) atoms. The summed E-state index contributed by atoms with van der Waals surface area (Å²) in [4.78, 5) is 0. The lowest BCUT2D eigenvalue weighted by atomic mass is 9.64. The van der Waals surface area contributed by atoms with E-state index in [-0.39, 0.29) is 11.5 Å². The molecule has 2 atom stereocenters. The Kier molecular flexibility index (Phi) is 3.68. The lowest BCUT2D eigenvalue weighted by Crippen LogP contribution is -2.57. The molecule has 102 valence electrons. The van der Waals surface area contributed by atoms with Crippen LogP contribution in [0.2, 0.25) is 0 Å². The smallest absolute Gasteiger partial charge is 0.121 e. The monoisotopic (exact) mass is 260 g/mol. The van der Waals surface area contributed by atoms with Crippen molar-refractivity contribution in [1.29, 1.82) is 5.26 Å². The van der Waals surface area contributed by atoms with E-state index in [0.717, 1.165) is 17.9 Å². The van der Waals surface area contributed by atoms with Crippen LogP contribution in [0.3, 0.4) is 0 Å². The molecule has 0 spiro atoms. The van der Waals surface area contributed by atoms with Gasteiger partial charge in [0.25, 0.3) is 0 Å². The van der Waals surface area contributed by atoms with Gasteiger partial charge in [-0.25, -0.2) is 0 Å². The molecule has 4 heteroatoms. The van der Waals surface area contributed by atoms with Crippen LogP contribution in [0.25, 0.3) is 0 Å². The zero-order chi connectivity index (χ0) is 14.0. The molecule has 1 aliphatic rings. The first-order chi connectivity index (χ1) is 9.02. The zero-order valence-corrected chi connectivity index (χ0v) is 11.9. The third kappa shape index (κ3) is 2.39. The lowest BCUT2D eigenvalue weighted by molar-refractivity contribution is -0.0794. The fourth-order valence-corrected chi connectivity index (χ4v) is 2.59. The van der Waals surface area contributed by atoms with Crippen LogP contribution in [0.4, 0.5) is 5.69 Å². The Morgan fingerprint density at radius 1 is 1.37 bits per heavy atom. The molecule has 0 aromatic heterocycles. The third-order valence-corrected chi connectivity index (χ3v) is 4.14. The molecule has 2 unspecified atom stereocenters. The molecule has 1 aromatic rings. The molecule has 4 nitrogen and oxygen atoms in total. The second-order valence-corrected chi connectivity index (χ2v) is 5.50. The highest BCUT2D eigenvalue weighted by atomic mass is 16.5.